The number of ether oxygens (including phenoxy) is 1. The number of nitrogens with one attached hydrogen (secondary N) is 1. The van der Waals surface area contributed by atoms with Gasteiger partial charge in [0.25, 0.3) is 5.69 Å². The zero-order valence-electron chi connectivity index (χ0n) is 11.5. The Morgan fingerprint density at radius 1 is 1.24 bits per heavy atom. The molecule has 6 heteroatoms. The smallest absolute Gasteiger partial charge is 0.292 e. The Morgan fingerprint density at radius 2 is 1.95 bits per heavy atom. The molecule has 2 aromatic carbocycles. The van der Waals surface area contributed by atoms with Gasteiger partial charge < -0.3 is 10.1 Å². The van der Waals surface area contributed by atoms with Crippen LogP contribution in [0.15, 0.2) is 42.5 Å². The average molecular weight is 290 g/mol. The first-order valence-electron chi connectivity index (χ1n) is 6.41. The van der Waals surface area contributed by atoms with E-state index in [1.165, 1.54) is 0 Å². The lowest BCUT2D eigenvalue weighted by Crippen LogP contribution is -2.07. The first-order chi connectivity index (χ1) is 10.1. The van der Waals surface area contributed by atoms with Crippen molar-refractivity contribution in [3.63, 3.8) is 0 Å². The number of hydrogen-bond donors (Lipinski definition) is 1. The highest BCUT2D eigenvalue weighted by Gasteiger charge is 2.13. The van der Waals surface area contributed by atoms with E-state index in [-0.39, 0.29) is 11.4 Å². The molecular formula is C15H15FN2O3. The van der Waals surface area contributed by atoms with E-state index in [1.54, 1.807) is 7.11 Å². The van der Waals surface area contributed by atoms with Crippen molar-refractivity contribution in [1.82, 2.24) is 0 Å². The molecule has 0 atom stereocenters. The molecule has 5 nitrogen and oxygen atoms in total. The van der Waals surface area contributed by atoms with Crippen LogP contribution in [0.1, 0.15) is 5.56 Å². The Bertz CT molecular complexity index is 629. The summed E-state index contributed by atoms with van der Waals surface area (Å²) in [5, 5.41) is 13.8. The maximum atomic E-state index is 13.2. The number of anilines is 1. The molecule has 0 aliphatic carbocycles. The lowest BCUT2D eigenvalue weighted by Gasteiger charge is -2.08. The molecule has 0 unspecified atom stereocenters. The summed E-state index contributed by atoms with van der Waals surface area (Å²) in [5.74, 6) is 0.264. The summed E-state index contributed by atoms with van der Waals surface area (Å²) in [7, 11) is 1.60. The first kappa shape index (κ1) is 14.8. The minimum atomic E-state index is -0.533. The Labute approximate surface area is 121 Å². The number of halogens is 1. The van der Waals surface area contributed by atoms with Gasteiger partial charge in [-0.2, -0.15) is 0 Å². The number of hydrogen-bond acceptors (Lipinski definition) is 4. The third kappa shape index (κ3) is 3.92. The predicted octanol–water partition coefficient (Wildman–Crippen LogP) is 3.40. The summed E-state index contributed by atoms with van der Waals surface area (Å²) in [6.07, 6.45) is 0.664. The van der Waals surface area contributed by atoms with Crippen molar-refractivity contribution in [2.75, 3.05) is 19.0 Å². The van der Waals surface area contributed by atoms with Crippen molar-refractivity contribution >= 4 is 11.4 Å². The summed E-state index contributed by atoms with van der Waals surface area (Å²) >= 11 is 0. The number of nitrogens with zero attached hydrogens (tertiary/aromatic N) is 1. The van der Waals surface area contributed by atoms with Crippen molar-refractivity contribution < 1.29 is 14.1 Å². The average Bonchev–Trinajstić information content (AvgIpc) is 2.48. The lowest BCUT2D eigenvalue weighted by atomic mass is 10.1. The standard InChI is InChI=1S/C15H15FN2O3/c1-21-13-5-2-11(3-6-13)8-9-17-14-10-12(16)4-7-15(14)18(19)20/h2-7,10,17H,8-9H2,1H3. The van der Waals surface area contributed by atoms with E-state index in [4.69, 9.17) is 4.74 Å². The van der Waals surface area contributed by atoms with Crippen molar-refractivity contribution in [3.8, 4) is 5.75 Å². The molecule has 0 fully saturated rings. The van der Waals surface area contributed by atoms with Gasteiger partial charge in [-0.05, 0) is 30.2 Å². The third-order valence-corrected chi connectivity index (χ3v) is 3.04. The molecule has 0 saturated heterocycles. The molecule has 21 heavy (non-hydrogen) atoms. The second-order valence-corrected chi connectivity index (χ2v) is 4.44. The van der Waals surface area contributed by atoms with E-state index in [1.807, 2.05) is 24.3 Å². The van der Waals surface area contributed by atoms with Gasteiger partial charge in [0.1, 0.15) is 17.3 Å². The first-order valence-corrected chi connectivity index (χ1v) is 6.41. The monoisotopic (exact) mass is 290 g/mol. The number of methoxy groups -OCH3 is 1. The van der Waals surface area contributed by atoms with Gasteiger partial charge in [0.2, 0.25) is 0 Å². The molecule has 0 radical (unpaired) electrons. The van der Waals surface area contributed by atoms with Crippen LogP contribution in [0.4, 0.5) is 15.8 Å². The molecule has 0 aliphatic rings. The zero-order chi connectivity index (χ0) is 15.2. The van der Waals surface area contributed by atoms with Crippen LogP contribution in [0.3, 0.4) is 0 Å². The molecule has 0 saturated carbocycles. The van der Waals surface area contributed by atoms with Gasteiger partial charge in [-0.15, -0.1) is 0 Å². The van der Waals surface area contributed by atoms with Gasteiger partial charge in [-0.3, -0.25) is 10.1 Å². The van der Waals surface area contributed by atoms with Crippen LogP contribution in [0.25, 0.3) is 0 Å². The molecule has 0 amide bonds. The minimum absolute atomic E-state index is 0.133. The van der Waals surface area contributed by atoms with Crippen LogP contribution in [0, 0.1) is 15.9 Å². The molecule has 110 valence electrons. The summed E-state index contributed by atoms with van der Waals surface area (Å²) in [6, 6.07) is 10.9. The predicted molar refractivity (Wildman–Crippen MR) is 78.2 cm³/mol. The molecule has 0 heterocycles. The van der Waals surface area contributed by atoms with E-state index in [9.17, 15) is 14.5 Å². The fourth-order valence-electron chi connectivity index (χ4n) is 1.94. The van der Waals surface area contributed by atoms with Crippen LogP contribution in [0.2, 0.25) is 0 Å². The SMILES string of the molecule is COc1ccc(CCNc2cc(F)ccc2[N+](=O)[O-])cc1. The largest absolute Gasteiger partial charge is 0.497 e. The van der Waals surface area contributed by atoms with Crippen LogP contribution in [0.5, 0.6) is 5.75 Å². The molecule has 2 aromatic rings. The van der Waals surface area contributed by atoms with Crippen molar-refractivity contribution in [2.24, 2.45) is 0 Å². The van der Waals surface area contributed by atoms with Gasteiger partial charge >= 0.3 is 0 Å². The maximum absolute atomic E-state index is 13.2. The summed E-state index contributed by atoms with van der Waals surface area (Å²) in [4.78, 5) is 10.3. The Balaban J connectivity index is 1.99. The second-order valence-electron chi connectivity index (χ2n) is 4.44. The molecule has 1 N–H and O–H groups in total. The maximum Gasteiger partial charge on any atom is 0.292 e. The summed E-state index contributed by atoms with van der Waals surface area (Å²) in [6.45, 7) is 0.469. The highest BCUT2D eigenvalue weighted by molar-refractivity contribution is 5.61. The zero-order valence-corrected chi connectivity index (χ0v) is 11.5. The minimum Gasteiger partial charge on any atom is -0.497 e. The molecule has 0 aliphatic heterocycles. The van der Waals surface area contributed by atoms with Crippen LogP contribution >= 0.6 is 0 Å². The normalized spacial score (nSPS) is 10.2. The topological polar surface area (TPSA) is 64.4 Å². The van der Waals surface area contributed by atoms with E-state index in [0.717, 1.165) is 29.5 Å². The van der Waals surface area contributed by atoms with Gasteiger partial charge in [0.05, 0.1) is 12.0 Å². The van der Waals surface area contributed by atoms with Gasteiger partial charge in [-0.25, -0.2) is 4.39 Å². The van der Waals surface area contributed by atoms with E-state index in [0.29, 0.717) is 13.0 Å². The van der Waals surface area contributed by atoms with Crippen LogP contribution in [-0.2, 0) is 6.42 Å². The Kier molecular flexibility index (Phi) is 4.71. The molecule has 2 rings (SSSR count). The van der Waals surface area contributed by atoms with Crippen LogP contribution < -0.4 is 10.1 Å². The van der Waals surface area contributed by atoms with E-state index in [2.05, 4.69) is 5.32 Å². The van der Waals surface area contributed by atoms with Gasteiger partial charge in [0.15, 0.2) is 0 Å². The van der Waals surface area contributed by atoms with E-state index < -0.39 is 10.7 Å². The highest BCUT2D eigenvalue weighted by Crippen LogP contribution is 2.24. The molecule has 0 spiro atoms. The fraction of sp³-hybridized carbons (Fsp3) is 0.200. The molecular weight excluding hydrogens is 275 g/mol. The number of nitro groups is 1. The summed E-state index contributed by atoms with van der Waals surface area (Å²) < 4.78 is 18.2. The van der Waals surface area contributed by atoms with Crippen molar-refractivity contribution in [3.05, 3.63) is 64.0 Å². The third-order valence-electron chi connectivity index (χ3n) is 3.04. The fourth-order valence-corrected chi connectivity index (χ4v) is 1.94. The van der Waals surface area contributed by atoms with Crippen molar-refractivity contribution in [2.45, 2.75) is 6.42 Å². The van der Waals surface area contributed by atoms with Crippen molar-refractivity contribution in [1.29, 1.82) is 0 Å². The Hall–Kier alpha value is -2.63. The number of rotatable bonds is 6. The van der Waals surface area contributed by atoms with Gasteiger partial charge in [-0.1, -0.05) is 12.1 Å². The molecule has 0 aromatic heterocycles. The Morgan fingerprint density at radius 3 is 2.57 bits per heavy atom. The summed E-state index contributed by atoms with van der Waals surface area (Å²) in [5.41, 5.74) is 1.11. The van der Waals surface area contributed by atoms with Crippen LogP contribution in [-0.4, -0.2) is 18.6 Å². The number of benzene rings is 2. The van der Waals surface area contributed by atoms with E-state index >= 15 is 0 Å². The van der Waals surface area contributed by atoms with Gasteiger partial charge in [0, 0.05) is 18.7 Å². The lowest BCUT2D eigenvalue weighted by molar-refractivity contribution is -0.384. The molecule has 0 bridgehead atoms. The quantitative estimate of drug-likeness (QED) is 0.654. The second kappa shape index (κ2) is 6.69. The highest BCUT2D eigenvalue weighted by atomic mass is 19.1. The number of nitro benzene ring substituents is 1.